The van der Waals surface area contributed by atoms with Gasteiger partial charge in [0, 0.05) is 23.4 Å². The molecule has 3 atom stereocenters. The molecule has 5 rings (SSSR count). The lowest BCUT2D eigenvalue weighted by Gasteiger charge is -2.49. The first kappa shape index (κ1) is 18.2. The first-order chi connectivity index (χ1) is 12.9. The zero-order valence-corrected chi connectivity index (χ0v) is 15.9. The van der Waals surface area contributed by atoms with Crippen molar-refractivity contribution in [3.63, 3.8) is 0 Å². The molecule has 2 aromatic carbocycles. The molecule has 2 bridgehead atoms. The standard InChI is InChI=1S/C20H17ClN2O3S/c21-15-5-8-17(9-6-15)27(25,26)23-16-7-10-18(19(24)11-16)20(23)14-3-1-13(12-22)2-4-14/h1-6,8-9,16,18,20H,7,10-11H2/t16-,18+,20+/m0/s1. The average molecular weight is 401 g/mol. The molecule has 1 saturated carbocycles. The van der Waals surface area contributed by atoms with Crippen molar-refractivity contribution in [2.24, 2.45) is 5.92 Å². The van der Waals surface area contributed by atoms with Crippen LogP contribution in [0, 0.1) is 17.2 Å². The Morgan fingerprint density at radius 2 is 1.70 bits per heavy atom. The van der Waals surface area contributed by atoms with Gasteiger partial charge in [-0.15, -0.1) is 0 Å². The second kappa shape index (κ2) is 6.75. The van der Waals surface area contributed by atoms with E-state index in [0.29, 0.717) is 23.4 Å². The van der Waals surface area contributed by atoms with Crippen LogP contribution in [0.25, 0.3) is 0 Å². The number of nitrogens with zero attached hydrogens (tertiary/aromatic N) is 2. The quantitative estimate of drug-likeness (QED) is 0.787. The van der Waals surface area contributed by atoms with E-state index in [1.54, 1.807) is 36.4 Å². The first-order valence-corrected chi connectivity index (χ1v) is 10.6. The number of fused-ring (bicyclic) bond motifs is 3. The molecule has 2 heterocycles. The van der Waals surface area contributed by atoms with E-state index in [4.69, 9.17) is 16.9 Å². The minimum atomic E-state index is -3.79. The molecule has 2 aromatic rings. The Morgan fingerprint density at radius 3 is 2.30 bits per heavy atom. The molecule has 1 aliphatic carbocycles. The zero-order valence-electron chi connectivity index (χ0n) is 14.4. The van der Waals surface area contributed by atoms with Crippen molar-refractivity contribution in [1.29, 1.82) is 5.26 Å². The largest absolute Gasteiger partial charge is 0.299 e. The van der Waals surface area contributed by atoms with Crippen LogP contribution in [-0.2, 0) is 14.8 Å². The van der Waals surface area contributed by atoms with Gasteiger partial charge in [0.15, 0.2) is 0 Å². The molecule has 5 nitrogen and oxygen atoms in total. The fourth-order valence-electron chi connectivity index (χ4n) is 4.18. The molecular weight excluding hydrogens is 384 g/mol. The van der Waals surface area contributed by atoms with Crippen LogP contribution in [0.4, 0.5) is 0 Å². The maximum Gasteiger partial charge on any atom is 0.243 e. The fourth-order valence-corrected chi connectivity index (χ4v) is 6.17. The zero-order chi connectivity index (χ0) is 19.2. The third-order valence-electron chi connectivity index (χ3n) is 5.45. The van der Waals surface area contributed by atoms with Crippen LogP contribution >= 0.6 is 11.6 Å². The lowest BCUT2D eigenvalue weighted by Crippen LogP contribution is -2.56. The van der Waals surface area contributed by atoms with Gasteiger partial charge in [-0.2, -0.15) is 9.57 Å². The van der Waals surface area contributed by atoms with Crippen LogP contribution in [0.15, 0.2) is 53.4 Å². The molecule has 0 amide bonds. The number of Topliss-reactive ketones (excluding diaryl/α,β-unsaturated/α-hetero) is 1. The lowest BCUT2D eigenvalue weighted by molar-refractivity contribution is -0.133. The Bertz CT molecular complexity index is 1030. The van der Waals surface area contributed by atoms with E-state index in [1.165, 1.54) is 16.4 Å². The maximum atomic E-state index is 13.4. The van der Waals surface area contributed by atoms with Crippen molar-refractivity contribution < 1.29 is 13.2 Å². The van der Waals surface area contributed by atoms with Crippen molar-refractivity contribution in [2.75, 3.05) is 0 Å². The van der Waals surface area contributed by atoms with Crippen molar-refractivity contribution in [3.05, 3.63) is 64.7 Å². The van der Waals surface area contributed by atoms with Gasteiger partial charge in [-0.25, -0.2) is 8.42 Å². The third-order valence-corrected chi connectivity index (χ3v) is 7.65. The van der Waals surface area contributed by atoms with Gasteiger partial charge in [0.25, 0.3) is 0 Å². The van der Waals surface area contributed by atoms with Crippen LogP contribution in [0.2, 0.25) is 5.02 Å². The minimum absolute atomic E-state index is 0.114. The summed E-state index contributed by atoms with van der Waals surface area (Å²) < 4.78 is 28.3. The van der Waals surface area contributed by atoms with Gasteiger partial charge in [0.2, 0.25) is 10.0 Å². The summed E-state index contributed by atoms with van der Waals surface area (Å²) in [6.45, 7) is 0. The Morgan fingerprint density at radius 1 is 1.04 bits per heavy atom. The molecule has 7 heteroatoms. The van der Waals surface area contributed by atoms with Gasteiger partial charge in [0.1, 0.15) is 5.78 Å². The second-order valence-corrected chi connectivity index (χ2v) is 9.26. The molecular formula is C20H17ClN2O3S. The van der Waals surface area contributed by atoms with Crippen LogP contribution < -0.4 is 0 Å². The monoisotopic (exact) mass is 400 g/mol. The molecule has 0 N–H and O–H groups in total. The number of hydrogen-bond donors (Lipinski definition) is 0. The molecule has 3 fully saturated rings. The summed E-state index contributed by atoms with van der Waals surface area (Å²) >= 11 is 5.90. The first-order valence-electron chi connectivity index (χ1n) is 8.73. The molecule has 0 unspecified atom stereocenters. The van der Waals surface area contributed by atoms with Gasteiger partial charge >= 0.3 is 0 Å². The van der Waals surface area contributed by atoms with E-state index in [-0.39, 0.29) is 29.1 Å². The summed E-state index contributed by atoms with van der Waals surface area (Å²) in [6.07, 6.45) is 1.61. The van der Waals surface area contributed by atoms with Crippen LogP contribution in [-0.4, -0.2) is 24.5 Å². The van der Waals surface area contributed by atoms with E-state index in [1.807, 2.05) is 0 Å². The SMILES string of the molecule is N#Cc1ccc([C@@H]2[C@@H]3CC[C@@H](CC3=O)N2S(=O)(=O)c2ccc(Cl)cc2)cc1. The highest BCUT2D eigenvalue weighted by Gasteiger charge is 2.52. The normalized spacial score (nSPS) is 25.3. The number of hydrogen-bond acceptors (Lipinski definition) is 4. The molecule has 27 heavy (non-hydrogen) atoms. The minimum Gasteiger partial charge on any atom is -0.299 e. The van der Waals surface area contributed by atoms with Gasteiger partial charge in [-0.1, -0.05) is 23.7 Å². The van der Waals surface area contributed by atoms with E-state index < -0.39 is 16.1 Å². The van der Waals surface area contributed by atoms with Crippen molar-refractivity contribution in [2.45, 2.75) is 36.2 Å². The van der Waals surface area contributed by atoms with Gasteiger partial charge < -0.3 is 0 Å². The van der Waals surface area contributed by atoms with E-state index in [0.717, 1.165) is 5.56 Å². The van der Waals surface area contributed by atoms with Gasteiger partial charge in [0.05, 0.1) is 22.6 Å². The highest BCUT2D eigenvalue weighted by Crippen LogP contribution is 2.48. The lowest BCUT2D eigenvalue weighted by atomic mass is 9.73. The number of rotatable bonds is 3. The molecule has 0 spiro atoms. The average Bonchev–Trinajstić information content (AvgIpc) is 2.68. The molecule has 3 aliphatic rings. The highest BCUT2D eigenvalue weighted by molar-refractivity contribution is 7.89. The highest BCUT2D eigenvalue weighted by atomic mass is 35.5. The topological polar surface area (TPSA) is 78.2 Å². The van der Waals surface area contributed by atoms with Gasteiger partial charge in [-0.05, 0) is 54.8 Å². The number of carbonyl (C=O) groups is 1. The fraction of sp³-hybridized carbons (Fsp3) is 0.300. The summed E-state index contributed by atoms with van der Waals surface area (Å²) in [7, 11) is -3.79. The third kappa shape index (κ3) is 3.06. The Labute approximate surface area is 163 Å². The smallest absolute Gasteiger partial charge is 0.243 e. The van der Waals surface area contributed by atoms with Gasteiger partial charge in [-0.3, -0.25) is 4.79 Å². The number of carbonyl (C=O) groups excluding carboxylic acids is 1. The van der Waals surface area contributed by atoms with E-state index in [2.05, 4.69) is 6.07 Å². The molecule has 138 valence electrons. The molecule has 0 radical (unpaired) electrons. The predicted octanol–water partition coefficient (Wildman–Crippen LogP) is 3.70. The van der Waals surface area contributed by atoms with Crippen LogP contribution in [0.5, 0.6) is 0 Å². The predicted molar refractivity (Wildman–Crippen MR) is 101 cm³/mol. The van der Waals surface area contributed by atoms with E-state index in [9.17, 15) is 13.2 Å². The Balaban J connectivity index is 1.82. The second-order valence-electron chi connectivity index (χ2n) is 6.98. The number of nitriles is 1. The molecule has 2 saturated heterocycles. The summed E-state index contributed by atoms with van der Waals surface area (Å²) in [6, 6.07) is 14.1. The number of sulfonamides is 1. The molecule has 0 aromatic heterocycles. The summed E-state index contributed by atoms with van der Waals surface area (Å²) in [5, 5.41) is 9.48. The summed E-state index contributed by atoms with van der Waals surface area (Å²) in [5.74, 6) is -0.242. The number of benzene rings is 2. The van der Waals surface area contributed by atoms with Crippen molar-refractivity contribution in [3.8, 4) is 6.07 Å². The summed E-state index contributed by atoms with van der Waals surface area (Å²) in [4.78, 5) is 12.7. The van der Waals surface area contributed by atoms with Crippen LogP contribution in [0.1, 0.15) is 36.4 Å². The number of piperidine rings is 2. The van der Waals surface area contributed by atoms with E-state index >= 15 is 0 Å². The van der Waals surface area contributed by atoms with Crippen molar-refractivity contribution >= 4 is 27.4 Å². The molecule has 2 aliphatic heterocycles. The summed E-state index contributed by atoms with van der Waals surface area (Å²) in [5.41, 5.74) is 1.24. The maximum absolute atomic E-state index is 13.4. The van der Waals surface area contributed by atoms with Crippen molar-refractivity contribution in [1.82, 2.24) is 4.31 Å². The van der Waals surface area contributed by atoms with Crippen LogP contribution in [0.3, 0.4) is 0 Å². The Hall–Kier alpha value is -2.20. The Kier molecular flexibility index (Phi) is 4.55. The number of ketones is 1. The number of halogens is 1.